The number of hydrogen-bond acceptors (Lipinski definition) is 4. The first-order valence-corrected chi connectivity index (χ1v) is 11.3. The van der Waals surface area contributed by atoms with Crippen molar-refractivity contribution in [1.29, 1.82) is 0 Å². The Morgan fingerprint density at radius 1 is 0.970 bits per heavy atom. The lowest BCUT2D eigenvalue weighted by Crippen LogP contribution is -2.32. The first-order chi connectivity index (χ1) is 16.2. The summed E-state index contributed by atoms with van der Waals surface area (Å²) in [6.07, 6.45) is 10.1. The number of amides is 2. The number of benzene rings is 2. The van der Waals surface area contributed by atoms with E-state index in [1.807, 2.05) is 54.6 Å². The lowest BCUT2D eigenvalue weighted by Gasteiger charge is -2.30. The average Bonchev–Trinajstić information content (AvgIpc) is 2.88. The van der Waals surface area contributed by atoms with Crippen LogP contribution < -0.4 is 15.5 Å². The van der Waals surface area contributed by atoms with Gasteiger partial charge in [0.15, 0.2) is 0 Å². The third-order valence-electron chi connectivity index (χ3n) is 5.61. The third-order valence-corrected chi connectivity index (χ3v) is 5.61. The first kappa shape index (κ1) is 22.3. The topological polar surface area (TPSA) is 74.3 Å². The van der Waals surface area contributed by atoms with Crippen LogP contribution in [0.1, 0.15) is 40.7 Å². The lowest BCUT2D eigenvalue weighted by molar-refractivity contribution is -0.111. The standard InChI is InChI=1S/C27H28N4O2/c32-26(14-11-21-8-3-1-4-9-21)30-23-12-13-25(31-16-5-2-6-17-31)24(18-23)27(33)29-20-22-10-7-15-28-19-22/h1,3-4,7-15,18-19H,2,5-6,16-17,20H2,(H,29,33)(H,30,32)/b14-11+. The number of pyridine rings is 1. The van der Waals surface area contributed by atoms with Crippen molar-refractivity contribution in [3.63, 3.8) is 0 Å². The molecular formula is C27H28N4O2. The number of anilines is 2. The summed E-state index contributed by atoms with van der Waals surface area (Å²) in [5.74, 6) is -0.415. The monoisotopic (exact) mass is 440 g/mol. The van der Waals surface area contributed by atoms with Gasteiger partial charge in [0.2, 0.25) is 5.91 Å². The fourth-order valence-electron chi connectivity index (χ4n) is 3.91. The van der Waals surface area contributed by atoms with E-state index in [-0.39, 0.29) is 11.8 Å². The molecule has 33 heavy (non-hydrogen) atoms. The number of carbonyl (C=O) groups excluding carboxylic acids is 2. The number of hydrogen-bond donors (Lipinski definition) is 2. The smallest absolute Gasteiger partial charge is 0.253 e. The maximum Gasteiger partial charge on any atom is 0.253 e. The van der Waals surface area contributed by atoms with E-state index < -0.39 is 0 Å². The van der Waals surface area contributed by atoms with Gasteiger partial charge in [-0.3, -0.25) is 14.6 Å². The molecule has 2 N–H and O–H groups in total. The minimum atomic E-state index is -0.244. The Morgan fingerprint density at radius 3 is 2.55 bits per heavy atom. The Bertz CT molecular complexity index is 1110. The van der Waals surface area contributed by atoms with Gasteiger partial charge in [-0.1, -0.05) is 36.4 Å². The fraction of sp³-hybridized carbons (Fsp3) is 0.222. The summed E-state index contributed by atoms with van der Waals surface area (Å²) < 4.78 is 0. The van der Waals surface area contributed by atoms with E-state index in [9.17, 15) is 9.59 Å². The molecule has 1 aromatic heterocycles. The normalized spacial score (nSPS) is 13.6. The van der Waals surface area contributed by atoms with Crippen LogP contribution in [0.15, 0.2) is 79.1 Å². The number of carbonyl (C=O) groups is 2. The van der Waals surface area contributed by atoms with E-state index in [1.165, 1.54) is 12.5 Å². The Balaban J connectivity index is 1.51. The zero-order valence-electron chi connectivity index (χ0n) is 18.5. The first-order valence-electron chi connectivity index (χ1n) is 11.3. The lowest BCUT2D eigenvalue weighted by atomic mass is 10.1. The molecule has 4 rings (SSSR count). The highest BCUT2D eigenvalue weighted by molar-refractivity contribution is 6.05. The molecule has 0 unspecified atom stereocenters. The highest BCUT2D eigenvalue weighted by Gasteiger charge is 2.19. The van der Waals surface area contributed by atoms with Gasteiger partial charge in [0, 0.05) is 49.5 Å². The zero-order valence-corrected chi connectivity index (χ0v) is 18.5. The molecule has 2 aromatic carbocycles. The molecule has 0 bridgehead atoms. The molecule has 1 aliphatic rings. The van der Waals surface area contributed by atoms with Gasteiger partial charge in [-0.25, -0.2) is 0 Å². The van der Waals surface area contributed by atoms with E-state index >= 15 is 0 Å². The average molecular weight is 441 g/mol. The van der Waals surface area contributed by atoms with Crippen molar-refractivity contribution < 1.29 is 9.59 Å². The second-order valence-corrected chi connectivity index (χ2v) is 8.06. The molecule has 1 fully saturated rings. The number of nitrogens with zero attached hydrogens (tertiary/aromatic N) is 2. The molecular weight excluding hydrogens is 412 g/mol. The number of rotatable bonds is 7. The Morgan fingerprint density at radius 2 is 1.79 bits per heavy atom. The van der Waals surface area contributed by atoms with Gasteiger partial charge >= 0.3 is 0 Å². The van der Waals surface area contributed by atoms with Crippen molar-refractivity contribution in [2.24, 2.45) is 0 Å². The van der Waals surface area contributed by atoms with Crippen LogP contribution in [0.3, 0.4) is 0 Å². The molecule has 0 aliphatic carbocycles. The third kappa shape index (κ3) is 6.29. The predicted octanol–water partition coefficient (Wildman–Crippen LogP) is 4.65. The molecule has 1 aliphatic heterocycles. The maximum absolute atomic E-state index is 13.1. The van der Waals surface area contributed by atoms with Gasteiger partial charge in [-0.15, -0.1) is 0 Å². The number of aromatic nitrogens is 1. The highest BCUT2D eigenvalue weighted by atomic mass is 16.2. The largest absolute Gasteiger partial charge is 0.371 e. The van der Waals surface area contributed by atoms with E-state index in [0.29, 0.717) is 17.8 Å². The molecule has 2 amide bonds. The van der Waals surface area contributed by atoms with E-state index in [0.717, 1.165) is 42.7 Å². The van der Waals surface area contributed by atoms with Crippen molar-refractivity contribution in [2.45, 2.75) is 25.8 Å². The van der Waals surface area contributed by atoms with Gasteiger partial charge in [0.05, 0.1) is 5.56 Å². The van der Waals surface area contributed by atoms with Crippen LogP contribution >= 0.6 is 0 Å². The molecule has 0 radical (unpaired) electrons. The van der Waals surface area contributed by atoms with Crippen molar-refractivity contribution in [3.8, 4) is 0 Å². The summed E-state index contributed by atoms with van der Waals surface area (Å²) in [6, 6.07) is 19.0. The van der Waals surface area contributed by atoms with Crippen molar-refractivity contribution >= 4 is 29.3 Å². The van der Waals surface area contributed by atoms with E-state index in [1.54, 1.807) is 24.5 Å². The molecule has 0 saturated carbocycles. The Kier molecular flexibility index (Phi) is 7.48. The van der Waals surface area contributed by atoms with Gasteiger partial charge in [-0.05, 0) is 60.7 Å². The summed E-state index contributed by atoms with van der Waals surface area (Å²) >= 11 is 0. The number of piperidine rings is 1. The SMILES string of the molecule is O=C(/C=C/c1ccccc1)Nc1ccc(N2CCCCC2)c(C(=O)NCc2cccnc2)c1. The fourth-order valence-corrected chi connectivity index (χ4v) is 3.91. The van der Waals surface area contributed by atoms with Crippen LogP contribution in [-0.4, -0.2) is 29.9 Å². The van der Waals surface area contributed by atoms with Gasteiger partial charge in [0.1, 0.15) is 0 Å². The quantitative estimate of drug-likeness (QED) is 0.525. The summed E-state index contributed by atoms with van der Waals surface area (Å²) in [7, 11) is 0. The van der Waals surface area contributed by atoms with Gasteiger partial charge in [0.25, 0.3) is 5.91 Å². The number of nitrogens with one attached hydrogen (secondary N) is 2. The van der Waals surface area contributed by atoms with Gasteiger partial charge < -0.3 is 15.5 Å². The van der Waals surface area contributed by atoms with Crippen LogP contribution in [0.4, 0.5) is 11.4 Å². The molecule has 6 heteroatoms. The summed E-state index contributed by atoms with van der Waals surface area (Å²) in [5, 5.41) is 5.87. The highest BCUT2D eigenvalue weighted by Crippen LogP contribution is 2.27. The minimum absolute atomic E-state index is 0.171. The second kappa shape index (κ2) is 11.1. The summed E-state index contributed by atoms with van der Waals surface area (Å²) in [4.78, 5) is 31.9. The minimum Gasteiger partial charge on any atom is -0.371 e. The molecule has 6 nitrogen and oxygen atoms in total. The van der Waals surface area contributed by atoms with Gasteiger partial charge in [-0.2, -0.15) is 0 Å². The molecule has 0 spiro atoms. The summed E-state index contributed by atoms with van der Waals surface area (Å²) in [6.45, 7) is 2.24. The van der Waals surface area contributed by atoms with E-state index in [2.05, 4.69) is 20.5 Å². The molecule has 1 saturated heterocycles. The van der Waals surface area contributed by atoms with Crippen LogP contribution in [-0.2, 0) is 11.3 Å². The molecule has 2 heterocycles. The van der Waals surface area contributed by atoms with Crippen LogP contribution in [0.2, 0.25) is 0 Å². The van der Waals surface area contributed by atoms with Crippen LogP contribution in [0, 0.1) is 0 Å². The molecule has 0 atom stereocenters. The summed E-state index contributed by atoms with van der Waals surface area (Å²) in [5.41, 5.74) is 3.93. The van der Waals surface area contributed by atoms with Crippen molar-refractivity contribution in [1.82, 2.24) is 10.3 Å². The van der Waals surface area contributed by atoms with Crippen molar-refractivity contribution in [2.75, 3.05) is 23.3 Å². The molecule has 168 valence electrons. The zero-order chi connectivity index (χ0) is 22.9. The van der Waals surface area contributed by atoms with E-state index in [4.69, 9.17) is 0 Å². The molecule has 3 aromatic rings. The second-order valence-electron chi connectivity index (χ2n) is 8.06. The Labute approximate surface area is 194 Å². The van der Waals surface area contributed by atoms with Crippen LogP contribution in [0.25, 0.3) is 6.08 Å². The Hall–Kier alpha value is -3.93. The van der Waals surface area contributed by atoms with Crippen LogP contribution in [0.5, 0.6) is 0 Å². The van der Waals surface area contributed by atoms with Crippen molar-refractivity contribution in [3.05, 3.63) is 95.8 Å². The predicted molar refractivity (Wildman–Crippen MR) is 132 cm³/mol. The maximum atomic E-state index is 13.1.